The summed E-state index contributed by atoms with van der Waals surface area (Å²) in [5, 5.41) is 0. The van der Waals surface area contributed by atoms with Gasteiger partial charge >= 0.3 is 0 Å². The van der Waals surface area contributed by atoms with E-state index in [9.17, 15) is 0 Å². The Hall–Kier alpha value is -0.830. The largest absolute Gasteiger partial charge is 0.485 e. The summed E-state index contributed by atoms with van der Waals surface area (Å²) < 4.78 is 10.7. The van der Waals surface area contributed by atoms with E-state index in [-0.39, 0.29) is 5.44 Å². The molecule has 0 bridgehead atoms. The van der Waals surface area contributed by atoms with Gasteiger partial charge in [0, 0.05) is 0 Å². The van der Waals surface area contributed by atoms with Crippen molar-refractivity contribution in [3.05, 3.63) is 24.3 Å². The second-order valence-electron chi connectivity index (χ2n) is 2.33. The van der Waals surface area contributed by atoms with Crippen molar-refractivity contribution in [2.45, 2.75) is 5.44 Å². The molecular formula is C8H8O2S. The Bertz CT molecular complexity index is 262. The molecule has 1 aromatic carbocycles. The molecule has 0 spiro atoms. The third-order valence-electron chi connectivity index (χ3n) is 1.49. The van der Waals surface area contributed by atoms with Crippen LogP contribution in [-0.2, 0) is 0 Å². The zero-order valence-corrected chi connectivity index (χ0v) is 6.75. The molecule has 0 aliphatic carbocycles. The van der Waals surface area contributed by atoms with Crippen molar-refractivity contribution in [1.29, 1.82) is 0 Å². The third kappa shape index (κ3) is 1.28. The van der Waals surface area contributed by atoms with Gasteiger partial charge in [-0.25, -0.2) is 0 Å². The Balaban J connectivity index is 2.34. The maximum atomic E-state index is 5.37. The number of thiol groups is 1. The van der Waals surface area contributed by atoms with E-state index >= 15 is 0 Å². The fourth-order valence-electron chi connectivity index (χ4n) is 1.01. The average Bonchev–Trinajstić information content (AvgIpc) is 2.04. The van der Waals surface area contributed by atoms with Gasteiger partial charge in [-0.05, 0) is 12.1 Å². The van der Waals surface area contributed by atoms with Gasteiger partial charge in [0.1, 0.15) is 6.61 Å². The van der Waals surface area contributed by atoms with Gasteiger partial charge in [0.2, 0.25) is 0 Å². The average molecular weight is 168 g/mol. The molecule has 2 rings (SSSR count). The van der Waals surface area contributed by atoms with Gasteiger partial charge in [0.25, 0.3) is 0 Å². The summed E-state index contributed by atoms with van der Waals surface area (Å²) in [7, 11) is 0. The number of fused-ring (bicyclic) bond motifs is 1. The molecule has 1 aliphatic heterocycles. The van der Waals surface area contributed by atoms with Crippen molar-refractivity contribution in [3.63, 3.8) is 0 Å². The fourth-order valence-corrected chi connectivity index (χ4v) is 1.20. The van der Waals surface area contributed by atoms with Crippen molar-refractivity contribution in [1.82, 2.24) is 0 Å². The molecule has 3 heteroatoms. The Morgan fingerprint density at radius 2 is 2.00 bits per heavy atom. The van der Waals surface area contributed by atoms with Crippen molar-refractivity contribution in [2.24, 2.45) is 0 Å². The minimum Gasteiger partial charge on any atom is -0.485 e. The SMILES string of the molecule is SC1COc2ccccc2O1. The van der Waals surface area contributed by atoms with Crippen LogP contribution in [0.25, 0.3) is 0 Å². The molecule has 58 valence electrons. The summed E-state index contributed by atoms with van der Waals surface area (Å²) in [6.07, 6.45) is 0. The van der Waals surface area contributed by atoms with Gasteiger partial charge < -0.3 is 9.47 Å². The number of hydrogen-bond donors (Lipinski definition) is 1. The molecule has 1 atom stereocenters. The number of rotatable bonds is 0. The highest BCUT2D eigenvalue weighted by molar-refractivity contribution is 7.80. The topological polar surface area (TPSA) is 18.5 Å². The zero-order chi connectivity index (χ0) is 7.68. The normalized spacial score (nSPS) is 21.4. The van der Waals surface area contributed by atoms with E-state index in [0.29, 0.717) is 6.61 Å². The predicted molar refractivity (Wildman–Crippen MR) is 45.3 cm³/mol. The summed E-state index contributed by atoms with van der Waals surface area (Å²) in [6, 6.07) is 7.59. The summed E-state index contributed by atoms with van der Waals surface area (Å²) in [4.78, 5) is 0. The van der Waals surface area contributed by atoms with Crippen LogP contribution in [0.5, 0.6) is 11.5 Å². The highest BCUT2D eigenvalue weighted by atomic mass is 32.1. The van der Waals surface area contributed by atoms with E-state index in [1.54, 1.807) is 0 Å². The molecule has 0 saturated heterocycles. The van der Waals surface area contributed by atoms with E-state index in [2.05, 4.69) is 12.6 Å². The van der Waals surface area contributed by atoms with E-state index in [1.165, 1.54) is 0 Å². The van der Waals surface area contributed by atoms with E-state index in [4.69, 9.17) is 9.47 Å². The molecule has 0 aromatic heterocycles. The first-order valence-corrected chi connectivity index (χ1v) is 3.94. The lowest BCUT2D eigenvalue weighted by Crippen LogP contribution is -2.23. The second-order valence-corrected chi connectivity index (χ2v) is 2.91. The van der Waals surface area contributed by atoms with Crippen molar-refractivity contribution < 1.29 is 9.47 Å². The number of para-hydroxylation sites is 2. The Kier molecular flexibility index (Phi) is 1.66. The number of hydrogen-bond acceptors (Lipinski definition) is 3. The van der Waals surface area contributed by atoms with Crippen LogP contribution in [0.4, 0.5) is 0 Å². The maximum Gasteiger partial charge on any atom is 0.175 e. The Labute approximate surface area is 70.5 Å². The van der Waals surface area contributed by atoms with Crippen LogP contribution in [0.15, 0.2) is 24.3 Å². The molecule has 1 unspecified atom stereocenters. The first-order valence-electron chi connectivity index (χ1n) is 3.43. The smallest absolute Gasteiger partial charge is 0.175 e. The lowest BCUT2D eigenvalue weighted by molar-refractivity contribution is 0.150. The monoisotopic (exact) mass is 168 g/mol. The van der Waals surface area contributed by atoms with E-state index in [1.807, 2.05) is 24.3 Å². The first kappa shape index (κ1) is 6.85. The van der Waals surface area contributed by atoms with Crippen LogP contribution in [0.3, 0.4) is 0 Å². The minimum absolute atomic E-state index is 0.134. The number of ether oxygens (including phenoxy) is 2. The van der Waals surface area contributed by atoms with Crippen molar-refractivity contribution >= 4 is 12.6 Å². The zero-order valence-electron chi connectivity index (χ0n) is 5.86. The molecule has 0 amide bonds. The molecule has 11 heavy (non-hydrogen) atoms. The van der Waals surface area contributed by atoms with E-state index < -0.39 is 0 Å². The van der Waals surface area contributed by atoms with Gasteiger partial charge in [-0.15, -0.1) is 12.6 Å². The fraction of sp³-hybridized carbons (Fsp3) is 0.250. The van der Waals surface area contributed by atoms with Crippen LogP contribution in [-0.4, -0.2) is 12.0 Å². The standard InChI is InChI=1S/C8H8O2S/c11-8-5-9-6-3-1-2-4-7(6)10-8/h1-4,8,11H,5H2. The highest BCUT2D eigenvalue weighted by Crippen LogP contribution is 2.31. The van der Waals surface area contributed by atoms with Gasteiger partial charge in [-0.2, -0.15) is 0 Å². The summed E-state index contributed by atoms with van der Waals surface area (Å²) in [6.45, 7) is 0.514. The van der Waals surface area contributed by atoms with Crippen LogP contribution < -0.4 is 9.47 Å². The highest BCUT2D eigenvalue weighted by Gasteiger charge is 2.15. The Morgan fingerprint density at radius 3 is 2.82 bits per heavy atom. The molecule has 0 fully saturated rings. The van der Waals surface area contributed by atoms with Gasteiger partial charge in [-0.1, -0.05) is 12.1 Å². The van der Waals surface area contributed by atoms with Crippen molar-refractivity contribution in [2.75, 3.05) is 6.61 Å². The Morgan fingerprint density at radius 1 is 1.27 bits per heavy atom. The molecule has 1 aliphatic rings. The molecule has 0 radical (unpaired) electrons. The summed E-state index contributed by atoms with van der Waals surface area (Å²) in [5.41, 5.74) is -0.134. The molecule has 0 N–H and O–H groups in total. The maximum absolute atomic E-state index is 5.37. The summed E-state index contributed by atoms with van der Waals surface area (Å²) >= 11 is 4.14. The molecule has 0 saturated carbocycles. The van der Waals surface area contributed by atoms with E-state index in [0.717, 1.165) is 11.5 Å². The lowest BCUT2D eigenvalue weighted by Gasteiger charge is -2.22. The molecule has 2 nitrogen and oxygen atoms in total. The second kappa shape index (κ2) is 2.66. The van der Waals surface area contributed by atoms with Crippen LogP contribution >= 0.6 is 12.6 Å². The molecular weight excluding hydrogens is 160 g/mol. The van der Waals surface area contributed by atoms with Gasteiger partial charge in [0.05, 0.1) is 0 Å². The van der Waals surface area contributed by atoms with Gasteiger partial charge in [0.15, 0.2) is 16.9 Å². The quantitative estimate of drug-likeness (QED) is 0.594. The molecule has 1 heterocycles. The predicted octanol–water partition coefficient (Wildman–Crippen LogP) is 1.71. The van der Waals surface area contributed by atoms with Crippen molar-refractivity contribution in [3.8, 4) is 11.5 Å². The van der Waals surface area contributed by atoms with Crippen LogP contribution in [0.2, 0.25) is 0 Å². The first-order chi connectivity index (χ1) is 5.36. The summed E-state index contributed by atoms with van der Waals surface area (Å²) in [5.74, 6) is 1.58. The third-order valence-corrected chi connectivity index (χ3v) is 1.75. The van der Waals surface area contributed by atoms with Crippen LogP contribution in [0.1, 0.15) is 0 Å². The van der Waals surface area contributed by atoms with Crippen LogP contribution in [0, 0.1) is 0 Å². The number of benzene rings is 1. The minimum atomic E-state index is -0.134. The lowest BCUT2D eigenvalue weighted by atomic mass is 10.3. The van der Waals surface area contributed by atoms with Gasteiger partial charge in [-0.3, -0.25) is 0 Å². The molecule has 1 aromatic rings.